The Labute approximate surface area is 97.4 Å². The summed E-state index contributed by atoms with van der Waals surface area (Å²) in [5.41, 5.74) is 8.11. The molecule has 2 N–H and O–H groups in total. The van der Waals surface area contributed by atoms with Gasteiger partial charge >= 0.3 is 0 Å². The molecule has 1 fully saturated rings. The third kappa shape index (κ3) is 1.66. The molecule has 2 rings (SSSR count). The lowest BCUT2D eigenvalue weighted by atomic mass is 10.1. The van der Waals surface area contributed by atoms with Crippen LogP contribution in [0.4, 0.5) is 11.5 Å². The van der Waals surface area contributed by atoms with Crippen LogP contribution in [0.15, 0.2) is 0 Å². The van der Waals surface area contributed by atoms with Crippen molar-refractivity contribution in [2.45, 2.75) is 45.6 Å². The van der Waals surface area contributed by atoms with Gasteiger partial charge in [0, 0.05) is 19.6 Å². The average molecular weight is 222 g/mol. The summed E-state index contributed by atoms with van der Waals surface area (Å²) in [6.07, 6.45) is 2.50. The quantitative estimate of drug-likeness (QED) is 0.833. The van der Waals surface area contributed by atoms with Crippen LogP contribution in [0.3, 0.4) is 0 Å². The highest BCUT2D eigenvalue weighted by Crippen LogP contribution is 2.34. The molecule has 2 heterocycles. The van der Waals surface area contributed by atoms with Gasteiger partial charge in [-0.25, -0.2) is 0 Å². The highest BCUT2D eigenvalue weighted by Gasteiger charge is 2.27. The zero-order valence-corrected chi connectivity index (χ0v) is 10.7. The van der Waals surface area contributed by atoms with Gasteiger partial charge in [-0.3, -0.25) is 4.68 Å². The lowest BCUT2D eigenvalue weighted by molar-refractivity contribution is 0.669. The Kier molecular flexibility index (Phi) is 2.82. The molecule has 1 unspecified atom stereocenters. The van der Waals surface area contributed by atoms with Crippen molar-refractivity contribution >= 4 is 11.5 Å². The van der Waals surface area contributed by atoms with E-state index in [4.69, 9.17) is 5.73 Å². The number of hydrogen-bond donors (Lipinski definition) is 1. The third-order valence-corrected chi connectivity index (χ3v) is 3.45. The van der Waals surface area contributed by atoms with Crippen molar-refractivity contribution in [3.05, 3.63) is 5.69 Å². The molecular formula is C12H22N4. The molecule has 1 atom stereocenters. The first-order chi connectivity index (χ1) is 7.52. The van der Waals surface area contributed by atoms with Gasteiger partial charge < -0.3 is 10.6 Å². The van der Waals surface area contributed by atoms with Crippen LogP contribution in [0.1, 0.15) is 45.2 Å². The van der Waals surface area contributed by atoms with E-state index in [1.807, 2.05) is 11.7 Å². The highest BCUT2D eigenvalue weighted by molar-refractivity contribution is 5.67. The topological polar surface area (TPSA) is 47.1 Å². The molecule has 4 nitrogen and oxygen atoms in total. The summed E-state index contributed by atoms with van der Waals surface area (Å²) in [7, 11) is 1.99. The van der Waals surface area contributed by atoms with Gasteiger partial charge in [-0.1, -0.05) is 13.8 Å². The Morgan fingerprint density at radius 1 is 1.44 bits per heavy atom. The van der Waals surface area contributed by atoms with E-state index in [0.717, 1.165) is 23.7 Å². The SMILES string of the molecule is CC(C)c1nn(C)c(N2CCCC2C)c1N. The van der Waals surface area contributed by atoms with E-state index in [-0.39, 0.29) is 0 Å². The summed E-state index contributed by atoms with van der Waals surface area (Å²) in [4.78, 5) is 2.38. The molecule has 4 heteroatoms. The molecule has 0 radical (unpaired) electrons. The first-order valence-electron chi connectivity index (χ1n) is 6.11. The number of anilines is 2. The van der Waals surface area contributed by atoms with Gasteiger partial charge in [-0.2, -0.15) is 5.10 Å². The molecule has 0 aliphatic carbocycles. The first kappa shape index (κ1) is 11.3. The lowest BCUT2D eigenvalue weighted by Gasteiger charge is -2.24. The normalized spacial score (nSPS) is 21.1. The van der Waals surface area contributed by atoms with Crippen LogP contribution in [-0.2, 0) is 7.05 Å². The summed E-state index contributed by atoms with van der Waals surface area (Å²) in [5.74, 6) is 1.49. The van der Waals surface area contributed by atoms with Crippen LogP contribution in [0.2, 0.25) is 0 Å². The summed E-state index contributed by atoms with van der Waals surface area (Å²) >= 11 is 0. The second kappa shape index (κ2) is 4.00. The molecular weight excluding hydrogens is 200 g/mol. The summed E-state index contributed by atoms with van der Waals surface area (Å²) in [6.45, 7) is 7.63. The fourth-order valence-electron chi connectivity index (χ4n) is 2.57. The number of nitrogen functional groups attached to an aromatic ring is 1. The molecule has 1 saturated heterocycles. The smallest absolute Gasteiger partial charge is 0.150 e. The highest BCUT2D eigenvalue weighted by atomic mass is 15.4. The van der Waals surface area contributed by atoms with E-state index in [1.165, 1.54) is 12.8 Å². The number of aromatic nitrogens is 2. The Hall–Kier alpha value is -1.19. The maximum atomic E-state index is 6.22. The third-order valence-electron chi connectivity index (χ3n) is 3.45. The standard InChI is InChI=1S/C12H22N4/c1-8(2)11-10(13)12(15(4)14-11)16-7-5-6-9(16)3/h8-9H,5-7,13H2,1-4H3. The average Bonchev–Trinajstić information content (AvgIpc) is 2.71. The van der Waals surface area contributed by atoms with Crippen LogP contribution < -0.4 is 10.6 Å². The molecule has 0 bridgehead atoms. The summed E-state index contributed by atoms with van der Waals surface area (Å²) in [5, 5.41) is 4.54. The minimum atomic E-state index is 0.387. The predicted octanol–water partition coefficient (Wildman–Crippen LogP) is 2.11. The summed E-state index contributed by atoms with van der Waals surface area (Å²) in [6, 6.07) is 0.581. The number of hydrogen-bond acceptors (Lipinski definition) is 3. The Balaban J connectivity index is 2.40. The molecule has 0 saturated carbocycles. The van der Waals surface area contributed by atoms with E-state index in [0.29, 0.717) is 12.0 Å². The number of rotatable bonds is 2. The van der Waals surface area contributed by atoms with Crippen LogP contribution >= 0.6 is 0 Å². The second-order valence-electron chi connectivity index (χ2n) is 5.09. The van der Waals surface area contributed by atoms with Crippen LogP contribution in [-0.4, -0.2) is 22.4 Å². The first-order valence-corrected chi connectivity index (χ1v) is 6.11. The monoisotopic (exact) mass is 222 g/mol. The van der Waals surface area contributed by atoms with Crippen molar-refractivity contribution in [1.29, 1.82) is 0 Å². The molecule has 1 aromatic rings. The minimum Gasteiger partial charge on any atom is -0.394 e. The Morgan fingerprint density at radius 3 is 2.56 bits per heavy atom. The minimum absolute atomic E-state index is 0.387. The summed E-state index contributed by atoms with van der Waals surface area (Å²) < 4.78 is 1.94. The van der Waals surface area contributed by atoms with Gasteiger partial charge in [0.15, 0.2) is 5.82 Å². The fraction of sp³-hybridized carbons (Fsp3) is 0.750. The zero-order valence-electron chi connectivity index (χ0n) is 10.7. The molecule has 1 aromatic heterocycles. The van der Waals surface area contributed by atoms with Crippen LogP contribution in [0.5, 0.6) is 0 Å². The predicted molar refractivity (Wildman–Crippen MR) is 67.8 cm³/mol. The molecule has 0 spiro atoms. The molecule has 1 aliphatic rings. The number of nitrogens with zero attached hydrogens (tertiary/aromatic N) is 3. The van der Waals surface area contributed by atoms with E-state index in [9.17, 15) is 0 Å². The number of nitrogens with two attached hydrogens (primary N) is 1. The van der Waals surface area contributed by atoms with E-state index in [1.54, 1.807) is 0 Å². The van der Waals surface area contributed by atoms with Gasteiger partial charge in [0.05, 0.1) is 11.4 Å². The molecule has 0 aromatic carbocycles. The Morgan fingerprint density at radius 2 is 2.12 bits per heavy atom. The molecule has 1 aliphatic heterocycles. The fourth-order valence-corrected chi connectivity index (χ4v) is 2.57. The van der Waals surface area contributed by atoms with Gasteiger partial charge in [-0.05, 0) is 25.7 Å². The van der Waals surface area contributed by atoms with E-state index in [2.05, 4.69) is 30.8 Å². The largest absolute Gasteiger partial charge is 0.394 e. The Bertz CT molecular complexity index is 381. The van der Waals surface area contributed by atoms with E-state index >= 15 is 0 Å². The maximum absolute atomic E-state index is 6.22. The molecule has 0 amide bonds. The zero-order chi connectivity index (χ0) is 11.9. The van der Waals surface area contributed by atoms with Crippen molar-refractivity contribution < 1.29 is 0 Å². The van der Waals surface area contributed by atoms with Crippen molar-refractivity contribution in [1.82, 2.24) is 9.78 Å². The molecule has 90 valence electrons. The van der Waals surface area contributed by atoms with Crippen molar-refractivity contribution in [3.63, 3.8) is 0 Å². The van der Waals surface area contributed by atoms with Crippen molar-refractivity contribution in [2.24, 2.45) is 7.05 Å². The van der Waals surface area contributed by atoms with Crippen molar-refractivity contribution in [2.75, 3.05) is 17.2 Å². The number of aryl methyl sites for hydroxylation is 1. The molecule has 16 heavy (non-hydrogen) atoms. The maximum Gasteiger partial charge on any atom is 0.150 e. The van der Waals surface area contributed by atoms with Crippen LogP contribution in [0, 0.1) is 0 Å². The van der Waals surface area contributed by atoms with Gasteiger partial charge in [0.25, 0.3) is 0 Å². The van der Waals surface area contributed by atoms with E-state index < -0.39 is 0 Å². The van der Waals surface area contributed by atoms with Crippen molar-refractivity contribution in [3.8, 4) is 0 Å². The lowest BCUT2D eigenvalue weighted by Crippen LogP contribution is -2.29. The second-order valence-corrected chi connectivity index (χ2v) is 5.09. The van der Waals surface area contributed by atoms with Gasteiger partial charge in [0.2, 0.25) is 0 Å². The van der Waals surface area contributed by atoms with Crippen LogP contribution in [0.25, 0.3) is 0 Å². The van der Waals surface area contributed by atoms with Gasteiger partial charge in [0.1, 0.15) is 0 Å². The van der Waals surface area contributed by atoms with Gasteiger partial charge in [-0.15, -0.1) is 0 Å².